The SMILES string of the molecule is O=S(=O)([O-])CC(F)C(F)C(F)C(F)C(F)C(F)C(F)C(F)C(F)CCF.[K+]. The van der Waals surface area contributed by atoms with Crippen molar-refractivity contribution in [1.82, 2.24) is 0 Å². The topological polar surface area (TPSA) is 57.2 Å². The summed E-state index contributed by atoms with van der Waals surface area (Å²) < 4.78 is 162. The molecule has 0 heterocycles. The molecule has 0 fully saturated rings. The molecule has 9 unspecified atom stereocenters. The molecule has 0 aromatic carbocycles. The molecule has 9 atom stereocenters. The molecule has 0 aliphatic heterocycles. The molecule has 158 valence electrons. The summed E-state index contributed by atoms with van der Waals surface area (Å²) in [4.78, 5) is 0. The molecular formula is C12H15F10KO3S. The Hall–Kier alpha value is 0.846. The van der Waals surface area contributed by atoms with E-state index in [2.05, 4.69) is 0 Å². The van der Waals surface area contributed by atoms with Crippen LogP contribution in [-0.2, 0) is 10.1 Å². The second-order valence-electron chi connectivity index (χ2n) is 5.34. The first-order valence-corrected chi connectivity index (χ1v) is 8.58. The Morgan fingerprint density at radius 2 is 0.926 bits per heavy atom. The molecular weight excluding hydrogens is 453 g/mol. The minimum absolute atomic E-state index is 0. The number of halogens is 10. The van der Waals surface area contributed by atoms with E-state index in [4.69, 9.17) is 0 Å². The monoisotopic (exact) mass is 468 g/mol. The molecule has 0 amide bonds. The minimum Gasteiger partial charge on any atom is -0.748 e. The van der Waals surface area contributed by atoms with E-state index >= 15 is 0 Å². The Bertz CT molecular complexity index is 516. The molecule has 0 saturated carbocycles. The van der Waals surface area contributed by atoms with E-state index < -0.39 is 84.5 Å². The van der Waals surface area contributed by atoms with Crippen molar-refractivity contribution in [2.24, 2.45) is 0 Å². The maximum atomic E-state index is 13.4. The third kappa shape index (κ3) is 9.93. The van der Waals surface area contributed by atoms with Gasteiger partial charge in [-0.1, -0.05) is 0 Å². The first-order valence-electron chi connectivity index (χ1n) is 7.00. The molecule has 27 heavy (non-hydrogen) atoms. The van der Waals surface area contributed by atoms with Crippen molar-refractivity contribution in [1.29, 1.82) is 0 Å². The largest absolute Gasteiger partial charge is 1.00 e. The molecule has 0 radical (unpaired) electrons. The van der Waals surface area contributed by atoms with Gasteiger partial charge in [-0.25, -0.2) is 47.9 Å². The van der Waals surface area contributed by atoms with E-state index in [1.165, 1.54) is 0 Å². The van der Waals surface area contributed by atoms with E-state index in [0.717, 1.165) is 0 Å². The fourth-order valence-electron chi connectivity index (χ4n) is 1.83. The van der Waals surface area contributed by atoms with Gasteiger partial charge in [0.25, 0.3) is 0 Å². The van der Waals surface area contributed by atoms with Gasteiger partial charge in [-0.2, -0.15) is 0 Å². The summed E-state index contributed by atoms with van der Waals surface area (Å²) in [6.07, 6.45) is -34.1. The molecule has 0 aromatic heterocycles. The van der Waals surface area contributed by atoms with E-state index in [-0.39, 0.29) is 51.4 Å². The van der Waals surface area contributed by atoms with Crippen LogP contribution in [0.15, 0.2) is 0 Å². The minimum atomic E-state index is -5.41. The van der Waals surface area contributed by atoms with Gasteiger partial charge in [0.2, 0.25) is 0 Å². The molecule has 0 N–H and O–H groups in total. The van der Waals surface area contributed by atoms with Crippen molar-refractivity contribution >= 4 is 10.1 Å². The van der Waals surface area contributed by atoms with Crippen molar-refractivity contribution in [3.8, 4) is 0 Å². The van der Waals surface area contributed by atoms with Crippen molar-refractivity contribution in [3.63, 3.8) is 0 Å². The van der Waals surface area contributed by atoms with E-state index in [1.54, 1.807) is 0 Å². The van der Waals surface area contributed by atoms with Gasteiger partial charge in [0.15, 0.2) is 43.2 Å². The van der Waals surface area contributed by atoms with E-state index in [1.807, 2.05) is 0 Å². The van der Waals surface area contributed by atoms with Crippen LogP contribution >= 0.6 is 0 Å². The number of rotatable bonds is 12. The normalized spacial score (nSPS) is 22.5. The number of hydrogen-bond donors (Lipinski definition) is 0. The van der Waals surface area contributed by atoms with Gasteiger partial charge >= 0.3 is 51.4 Å². The van der Waals surface area contributed by atoms with Gasteiger partial charge in [0.1, 0.15) is 12.3 Å². The predicted octanol–water partition coefficient (Wildman–Crippen LogP) is -0.0619. The van der Waals surface area contributed by atoms with Crippen LogP contribution in [0.5, 0.6) is 0 Å². The Morgan fingerprint density at radius 1 is 0.630 bits per heavy atom. The zero-order valence-electron chi connectivity index (χ0n) is 13.7. The maximum absolute atomic E-state index is 13.4. The van der Waals surface area contributed by atoms with Crippen LogP contribution in [0.4, 0.5) is 43.9 Å². The van der Waals surface area contributed by atoms with Crippen LogP contribution in [0.2, 0.25) is 0 Å². The summed E-state index contributed by atoms with van der Waals surface area (Å²) in [5, 5.41) is 0. The van der Waals surface area contributed by atoms with Gasteiger partial charge < -0.3 is 4.55 Å². The number of alkyl halides is 10. The molecule has 0 aliphatic rings. The van der Waals surface area contributed by atoms with Crippen LogP contribution in [0.25, 0.3) is 0 Å². The smallest absolute Gasteiger partial charge is 0.748 e. The van der Waals surface area contributed by atoms with Gasteiger partial charge in [0.05, 0.1) is 22.5 Å². The number of hydrogen-bond acceptors (Lipinski definition) is 3. The molecule has 15 heteroatoms. The first-order chi connectivity index (χ1) is 11.7. The Morgan fingerprint density at radius 3 is 1.22 bits per heavy atom. The molecule has 0 aliphatic carbocycles. The first kappa shape index (κ1) is 30.0. The van der Waals surface area contributed by atoms with Gasteiger partial charge in [-0.3, -0.25) is 4.39 Å². The summed E-state index contributed by atoms with van der Waals surface area (Å²) in [5.41, 5.74) is 0. The second-order valence-corrected chi connectivity index (χ2v) is 6.79. The molecule has 0 aromatic rings. The van der Waals surface area contributed by atoms with E-state index in [0.29, 0.717) is 0 Å². The summed E-state index contributed by atoms with van der Waals surface area (Å²) in [6, 6.07) is 0. The van der Waals surface area contributed by atoms with Gasteiger partial charge in [0, 0.05) is 6.42 Å². The molecule has 0 saturated heterocycles. The van der Waals surface area contributed by atoms with Crippen molar-refractivity contribution < 1.29 is 108 Å². The average Bonchev–Trinajstić information content (AvgIpc) is 2.55. The van der Waals surface area contributed by atoms with Crippen LogP contribution in [0, 0.1) is 0 Å². The summed E-state index contributed by atoms with van der Waals surface area (Å²) in [6.45, 7) is -1.48. The fourth-order valence-corrected chi connectivity index (χ4v) is 2.40. The zero-order chi connectivity index (χ0) is 20.8. The summed E-state index contributed by atoms with van der Waals surface area (Å²) >= 11 is 0. The third-order valence-electron chi connectivity index (χ3n) is 3.26. The third-order valence-corrected chi connectivity index (χ3v) is 3.99. The quantitative estimate of drug-likeness (QED) is 0.229. The average molecular weight is 468 g/mol. The Balaban J connectivity index is 0. The standard InChI is InChI=1S/C12H16F10O3S.K/c13-2-1-4(14)6(16)8(18)10(20)12(22)11(21)9(19)7(17)5(15)3-26(23,24)25;/h4-12H,1-3H2,(H,23,24,25);/q;+1/p-1. The molecule has 0 rings (SSSR count). The van der Waals surface area contributed by atoms with E-state index in [9.17, 15) is 56.9 Å². The fraction of sp³-hybridized carbons (Fsp3) is 1.00. The predicted molar refractivity (Wildman–Crippen MR) is 69.2 cm³/mol. The Labute approximate surface area is 191 Å². The van der Waals surface area contributed by atoms with Crippen molar-refractivity contribution in [2.45, 2.75) is 62.0 Å². The summed E-state index contributed by atoms with van der Waals surface area (Å²) in [7, 11) is -5.41. The molecule has 0 bridgehead atoms. The van der Waals surface area contributed by atoms with Crippen LogP contribution in [0.3, 0.4) is 0 Å². The maximum Gasteiger partial charge on any atom is 1.00 e. The molecule has 0 spiro atoms. The van der Waals surface area contributed by atoms with Crippen LogP contribution < -0.4 is 51.4 Å². The van der Waals surface area contributed by atoms with Gasteiger partial charge in [-0.15, -0.1) is 0 Å². The van der Waals surface area contributed by atoms with Crippen molar-refractivity contribution in [3.05, 3.63) is 0 Å². The van der Waals surface area contributed by atoms with Crippen LogP contribution in [-0.4, -0.2) is 80.9 Å². The summed E-state index contributed by atoms with van der Waals surface area (Å²) in [5.74, 6) is -2.14. The van der Waals surface area contributed by atoms with Crippen LogP contribution in [0.1, 0.15) is 6.42 Å². The van der Waals surface area contributed by atoms with Gasteiger partial charge in [-0.05, 0) is 0 Å². The van der Waals surface area contributed by atoms with Crippen molar-refractivity contribution in [2.75, 3.05) is 12.4 Å². The Kier molecular flexibility index (Phi) is 14.7. The second kappa shape index (κ2) is 13.2. The zero-order valence-corrected chi connectivity index (χ0v) is 17.7. The molecule has 3 nitrogen and oxygen atoms in total.